The predicted octanol–water partition coefficient (Wildman–Crippen LogP) is 7.04. The monoisotopic (exact) mass is 519 g/mol. The van der Waals surface area contributed by atoms with E-state index in [9.17, 15) is 4.79 Å². The number of hydrogen-bond donors (Lipinski definition) is 0. The van der Waals surface area contributed by atoms with Gasteiger partial charge in [0.15, 0.2) is 5.17 Å². The van der Waals surface area contributed by atoms with Crippen LogP contribution < -0.4 is 4.90 Å². The number of carbonyl (C=O) groups excluding carboxylic acids is 1. The first-order valence-corrected chi connectivity index (χ1v) is 12.3. The van der Waals surface area contributed by atoms with Crippen molar-refractivity contribution in [1.29, 1.82) is 0 Å². The molecule has 0 N–H and O–H groups in total. The molecule has 2 aromatic carbocycles. The molecule has 2 aliphatic rings. The molecule has 1 saturated heterocycles. The van der Waals surface area contributed by atoms with E-state index < -0.39 is 0 Å². The first-order valence-electron chi connectivity index (χ1n) is 9.51. The van der Waals surface area contributed by atoms with E-state index in [0.29, 0.717) is 16.6 Å². The van der Waals surface area contributed by atoms with Gasteiger partial charge in [0, 0.05) is 27.5 Å². The van der Waals surface area contributed by atoms with Gasteiger partial charge in [0.1, 0.15) is 0 Å². The molecule has 0 atom stereocenters. The van der Waals surface area contributed by atoms with Crippen LogP contribution in [0.4, 0.5) is 11.4 Å². The molecule has 2 aromatic rings. The van der Waals surface area contributed by atoms with Crippen molar-refractivity contribution in [1.82, 2.24) is 4.90 Å². The highest BCUT2D eigenvalue weighted by atomic mass is 79.9. The Balaban J connectivity index is 1.61. The van der Waals surface area contributed by atoms with Crippen molar-refractivity contribution in [2.45, 2.75) is 18.7 Å². The van der Waals surface area contributed by atoms with E-state index in [1.165, 1.54) is 16.7 Å². The third kappa shape index (κ3) is 4.35. The maximum Gasteiger partial charge on any atom is 0.266 e. The second kappa shape index (κ2) is 9.22. The van der Waals surface area contributed by atoms with Gasteiger partial charge in [-0.2, -0.15) is 0 Å². The number of benzene rings is 2. The molecule has 0 bridgehead atoms. The number of rotatable bonds is 4. The Kier molecular flexibility index (Phi) is 6.63. The van der Waals surface area contributed by atoms with Crippen LogP contribution in [0.25, 0.3) is 0 Å². The lowest BCUT2D eigenvalue weighted by atomic mass is 10.3. The van der Waals surface area contributed by atoms with Gasteiger partial charge < -0.3 is 4.90 Å². The zero-order valence-corrected chi connectivity index (χ0v) is 20.4. The lowest BCUT2D eigenvalue weighted by Crippen LogP contribution is -2.28. The maximum atomic E-state index is 12.9. The molecule has 0 aliphatic carbocycles. The van der Waals surface area contributed by atoms with Crippen molar-refractivity contribution < 1.29 is 4.79 Å². The molecule has 154 valence electrons. The van der Waals surface area contributed by atoms with Crippen LogP contribution in [0.15, 0.2) is 78.9 Å². The summed E-state index contributed by atoms with van der Waals surface area (Å²) in [5.74, 6) is -0.0122. The molecule has 30 heavy (non-hydrogen) atoms. The Hall–Kier alpha value is -1.67. The third-order valence-corrected chi connectivity index (χ3v) is 7.56. The number of fused-ring (bicyclic) bond motifs is 1. The van der Waals surface area contributed by atoms with Gasteiger partial charge in [-0.3, -0.25) is 9.69 Å². The van der Waals surface area contributed by atoms with Crippen LogP contribution in [-0.2, 0) is 4.79 Å². The van der Waals surface area contributed by atoms with Crippen LogP contribution in [0.5, 0.6) is 0 Å². The van der Waals surface area contributed by atoms with Gasteiger partial charge in [-0.25, -0.2) is 4.99 Å². The number of likely N-dealkylation sites (N-methyl/N-ethyl adjacent to an activating group) is 1. The summed E-state index contributed by atoms with van der Waals surface area (Å²) in [7, 11) is 0. The molecule has 0 unspecified atom stereocenters. The van der Waals surface area contributed by atoms with Crippen LogP contribution in [0.2, 0.25) is 5.02 Å². The molecule has 4 nitrogen and oxygen atoms in total. The first-order chi connectivity index (χ1) is 14.5. The van der Waals surface area contributed by atoms with Crippen molar-refractivity contribution in [2.75, 3.05) is 18.0 Å². The molecule has 0 aromatic heterocycles. The third-order valence-electron chi connectivity index (χ3n) is 4.64. The molecular formula is C22H19BrClN3OS2. The molecule has 8 heteroatoms. The average Bonchev–Trinajstić information content (AvgIpc) is 3.23. The molecular weight excluding hydrogens is 502 g/mol. The minimum absolute atomic E-state index is 0.0122. The fourth-order valence-electron chi connectivity index (χ4n) is 3.18. The van der Waals surface area contributed by atoms with Crippen LogP contribution in [-0.4, -0.2) is 29.1 Å². The smallest absolute Gasteiger partial charge is 0.266 e. The van der Waals surface area contributed by atoms with E-state index in [4.69, 9.17) is 11.6 Å². The highest BCUT2D eigenvalue weighted by Gasteiger charge is 2.32. The molecule has 4 rings (SSSR count). The number of allylic oxidation sites excluding steroid dienone is 2. The number of aliphatic imine (C=N–C) groups is 1. The van der Waals surface area contributed by atoms with E-state index in [1.807, 2.05) is 61.5 Å². The Morgan fingerprint density at radius 2 is 1.77 bits per heavy atom. The van der Waals surface area contributed by atoms with Crippen LogP contribution in [0.3, 0.4) is 0 Å². The van der Waals surface area contributed by atoms with Gasteiger partial charge in [0.05, 0.1) is 21.3 Å². The summed E-state index contributed by atoms with van der Waals surface area (Å²) in [4.78, 5) is 23.3. The molecule has 0 spiro atoms. The van der Waals surface area contributed by atoms with Crippen molar-refractivity contribution >= 4 is 73.5 Å². The summed E-state index contributed by atoms with van der Waals surface area (Å²) in [6.45, 7) is 5.47. The maximum absolute atomic E-state index is 12.9. The van der Waals surface area contributed by atoms with Gasteiger partial charge in [-0.1, -0.05) is 39.3 Å². The highest BCUT2D eigenvalue weighted by Crippen LogP contribution is 2.47. The topological polar surface area (TPSA) is 35.9 Å². The fraction of sp³-hybridized carbons (Fsp3) is 0.182. The van der Waals surface area contributed by atoms with Crippen molar-refractivity contribution in [3.8, 4) is 0 Å². The van der Waals surface area contributed by atoms with Gasteiger partial charge in [-0.15, -0.1) is 0 Å². The van der Waals surface area contributed by atoms with E-state index in [0.717, 1.165) is 32.4 Å². The molecule has 2 aliphatic heterocycles. The second-order valence-corrected chi connectivity index (χ2v) is 9.94. The molecule has 0 saturated carbocycles. The summed E-state index contributed by atoms with van der Waals surface area (Å²) in [5, 5.41) is 2.51. The number of anilines is 1. The highest BCUT2D eigenvalue weighted by molar-refractivity contribution is 9.10. The zero-order chi connectivity index (χ0) is 21.3. The Morgan fingerprint density at radius 3 is 2.47 bits per heavy atom. The number of carbonyl (C=O) groups is 1. The number of amides is 1. The molecule has 1 fully saturated rings. The van der Waals surface area contributed by atoms with Gasteiger partial charge in [-0.05, 0) is 80.2 Å². The number of nitrogens with zero attached hydrogens (tertiary/aromatic N) is 3. The van der Waals surface area contributed by atoms with E-state index in [2.05, 4.69) is 32.7 Å². The number of thioether (sulfide) groups is 2. The lowest BCUT2D eigenvalue weighted by Gasteiger charge is -2.17. The quantitative estimate of drug-likeness (QED) is 0.405. The normalized spacial score (nSPS) is 20.1. The Labute approximate surface area is 198 Å². The fourth-order valence-corrected chi connectivity index (χ4v) is 5.72. The number of hydrogen-bond acceptors (Lipinski definition) is 5. The minimum Gasteiger partial charge on any atom is -0.335 e. The van der Waals surface area contributed by atoms with Crippen LogP contribution in [0.1, 0.15) is 13.8 Å². The van der Waals surface area contributed by atoms with Gasteiger partial charge >= 0.3 is 0 Å². The van der Waals surface area contributed by atoms with Crippen molar-refractivity contribution in [2.24, 2.45) is 4.99 Å². The molecule has 0 radical (unpaired) electrons. The summed E-state index contributed by atoms with van der Waals surface area (Å²) in [6.07, 6.45) is 3.91. The summed E-state index contributed by atoms with van der Waals surface area (Å²) in [6, 6.07) is 13.7. The molecule has 2 heterocycles. The zero-order valence-electron chi connectivity index (χ0n) is 16.4. The van der Waals surface area contributed by atoms with E-state index in [1.54, 1.807) is 16.7 Å². The van der Waals surface area contributed by atoms with Crippen LogP contribution >= 0.6 is 51.1 Å². The summed E-state index contributed by atoms with van der Waals surface area (Å²) >= 11 is 12.7. The summed E-state index contributed by atoms with van der Waals surface area (Å²) < 4.78 is 0.998. The number of amidine groups is 1. The number of halogens is 2. The van der Waals surface area contributed by atoms with Crippen molar-refractivity contribution in [3.63, 3.8) is 0 Å². The van der Waals surface area contributed by atoms with E-state index in [-0.39, 0.29) is 5.91 Å². The SMILES string of the molecule is CCN1C(=O)/C(=C\C=C2/Sc3ccc(Cl)cc3N2CC)SC1=Nc1ccc(Br)cc1. The largest absolute Gasteiger partial charge is 0.335 e. The van der Waals surface area contributed by atoms with Gasteiger partial charge in [0.2, 0.25) is 0 Å². The summed E-state index contributed by atoms with van der Waals surface area (Å²) in [5.41, 5.74) is 1.93. The van der Waals surface area contributed by atoms with Crippen LogP contribution in [0, 0.1) is 0 Å². The Morgan fingerprint density at radius 1 is 1.03 bits per heavy atom. The average molecular weight is 521 g/mol. The minimum atomic E-state index is -0.0122. The molecule has 1 amide bonds. The second-order valence-electron chi connectivity index (χ2n) is 6.52. The lowest BCUT2D eigenvalue weighted by molar-refractivity contribution is -0.122. The Bertz CT molecular complexity index is 1080. The van der Waals surface area contributed by atoms with Gasteiger partial charge in [0.25, 0.3) is 5.91 Å². The van der Waals surface area contributed by atoms with Crippen molar-refractivity contribution in [3.05, 3.63) is 74.0 Å². The first kappa shape index (κ1) is 21.6. The predicted molar refractivity (Wildman–Crippen MR) is 133 cm³/mol. The standard InChI is InChI=1S/C22H19BrClN3OS2/c1-3-26-17-13-15(24)7-10-18(17)29-20(26)12-11-19-21(28)27(4-2)22(30-19)25-16-8-5-14(23)6-9-16/h5-13H,3-4H2,1-2H3/b19-11+,20-12-,25-22?. The van der Waals surface area contributed by atoms with E-state index >= 15 is 0 Å².